The van der Waals surface area contributed by atoms with Crippen LogP contribution in [-0.2, 0) is 11.8 Å². The molecule has 1 aromatic rings. The standard InChI is InChI=1S/C17H30N2/c1-6-13(2)11-16(19-18)12-14-7-9-15(10-8-14)17(3,4)5/h7-10,13,16,19H,6,11-12,18H2,1-5H3. The van der Waals surface area contributed by atoms with Crippen LogP contribution in [0.1, 0.15) is 58.6 Å². The number of hydrogen-bond acceptors (Lipinski definition) is 2. The first-order valence-corrected chi connectivity index (χ1v) is 7.42. The topological polar surface area (TPSA) is 38.0 Å². The van der Waals surface area contributed by atoms with Gasteiger partial charge in [-0.2, -0.15) is 0 Å². The molecule has 108 valence electrons. The van der Waals surface area contributed by atoms with E-state index in [0.717, 1.165) is 18.8 Å². The Hall–Kier alpha value is -0.860. The van der Waals surface area contributed by atoms with Gasteiger partial charge in [0.2, 0.25) is 0 Å². The molecule has 0 bridgehead atoms. The zero-order valence-electron chi connectivity index (χ0n) is 13.2. The van der Waals surface area contributed by atoms with Crippen LogP contribution < -0.4 is 11.3 Å². The molecule has 0 saturated carbocycles. The summed E-state index contributed by atoms with van der Waals surface area (Å²) in [4.78, 5) is 0. The summed E-state index contributed by atoms with van der Waals surface area (Å²) in [5.74, 6) is 6.39. The summed E-state index contributed by atoms with van der Waals surface area (Å²) in [6, 6.07) is 9.33. The van der Waals surface area contributed by atoms with Crippen molar-refractivity contribution in [1.82, 2.24) is 5.43 Å². The normalized spacial score (nSPS) is 15.3. The van der Waals surface area contributed by atoms with Crippen LogP contribution in [0.15, 0.2) is 24.3 Å². The fourth-order valence-electron chi connectivity index (χ4n) is 2.29. The van der Waals surface area contributed by atoms with Crippen LogP contribution in [0.3, 0.4) is 0 Å². The summed E-state index contributed by atoms with van der Waals surface area (Å²) < 4.78 is 0. The highest BCUT2D eigenvalue weighted by molar-refractivity contribution is 5.28. The lowest BCUT2D eigenvalue weighted by molar-refractivity contribution is 0.396. The van der Waals surface area contributed by atoms with E-state index in [1.165, 1.54) is 17.5 Å². The van der Waals surface area contributed by atoms with E-state index in [0.29, 0.717) is 6.04 Å². The third-order valence-corrected chi connectivity index (χ3v) is 3.92. The average Bonchev–Trinajstić information content (AvgIpc) is 2.37. The van der Waals surface area contributed by atoms with E-state index in [4.69, 9.17) is 5.84 Å². The summed E-state index contributed by atoms with van der Waals surface area (Å²) in [6.45, 7) is 11.3. The minimum Gasteiger partial charge on any atom is -0.271 e. The van der Waals surface area contributed by atoms with Crippen molar-refractivity contribution in [3.63, 3.8) is 0 Å². The monoisotopic (exact) mass is 262 g/mol. The Kier molecular flexibility index (Phi) is 6.02. The smallest absolute Gasteiger partial charge is 0.0253 e. The van der Waals surface area contributed by atoms with Gasteiger partial charge in [-0.1, -0.05) is 65.3 Å². The van der Waals surface area contributed by atoms with E-state index in [1.54, 1.807) is 0 Å². The summed E-state index contributed by atoms with van der Waals surface area (Å²) in [5, 5.41) is 0. The third-order valence-electron chi connectivity index (χ3n) is 3.92. The SMILES string of the molecule is CCC(C)CC(Cc1ccc(C(C)(C)C)cc1)NN. The molecule has 0 heterocycles. The van der Waals surface area contributed by atoms with E-state index in [9.17, 15) is 0 Å². The zero-order valence-corrected chi connectivity index (χ0v) is 13.2. The van der Waals surface area contributed by atoms with Gasteiger partial charge >= 0.3 is 0 Å². The van der Waals surface area contributed by atoms with Gasteiger partial charge < -0.3 is 0 Å². The number of hydrogen-bond donors (Lipinski definition) is 2. The molecular weight excluding hydrogens is 232 g/mol. The van der Waals surface area contributed by atoms with Gasteiger partial charge in [-0.3, -0.25) is 11.3 Å². The highest BCUT2D eigenvalue weighted by atomic mass is 15.2. The van der Waals surface area contributed by atoms with Crippen LogP contribution in [-0.4, -0.2) is 6.04 Å². The molecule has 0 spiro atoms. The maximum Gasteiger partial charge on any atom is 0.0253 e. The van der Waals surface area contributed by atoms with Crippen LogP contribution in [0.5, 0.6) is 0 Å². The molecule has 0 aliphatic carbocycles. The summed E-state index contributed by atoms with van der Waals surface area (Å²) >= 11 is 0. The Morgan fingerprint density at radius 3 is 2.16 bits per heavy atom. The molecule has 0 fully saturated rings. The third kappa shape index (κ3) is 5.33. The average molecular weight is 262 g/mol. The van der Waals surface area contributed by atoms with Crippen molar-refractivity contribution in [3.05, 3.63) is 35.4 Å². The molecule has 1 aromatic carbocycles. The van der Waals surface area contributed by atoms with Crippen LogP contribution >= 0.6 is 0 Å². The lowest BCUT2D eigenvalue weighted by atomic mass is 9.86. The van der Waals surface area contributed by atoms with Crippen molar-refractivity contribution in [2.75, 3.05) is 0 Å². The predicted molar refractivity (Wildman–Crippen MR) is 84.0 cm³/mol. The minimum absolute atomic E-state index is 0.223. The van der Waals surface area contributed by atoms with E-state index < -0.39 is 0 Å². The Bertz CT molecular complexity index is 362. The maximum atomic E-state index is 5.67. The molecule has 0 aliphatic heterocycles. The summed E-state index contributed by atoms with van der Waals surface area (Å²) in [7, 11) is 0. The molecule has 0 aliphatic rings. The second kappa shape index (κ2) is 7.06. The van der Waals surface area contributed by atoms with Crippen LogP contribution in [0.2, 0.25) is 0 Å². The van der Waals surface area contributed by atoms with E-state index >= 15 is 0 Å². The van der Waals surface area contributed by atoms with Crippen molar-refractivity contribution >= 4 is 0 Å². The predicted octanol–water partition coefficient (Wildman–Crippen LogP) is 3.79. The quantitative estimate of drug-likeness (QED) is 0.604. The molecule has 3 N–H and O–H groups in total. The number of nitrogens with one attached hydrogen (secondary N) is 1. The van der Waals surface area contributed by atoms with Crippen molar-refractivity contribution in [2.24, 2.45) is 11.8 Å². The molecule has 2 unspecified atom stereocenters. The van der Waals surface area contributed by atoms with Gasteiger partial charge in [0.05, 0.1) is 0 Å². The highest BCUT2D eigenvalue weighted by Gasteiger charge is 2.14. The van der Waals surface area contributed by atoms with Gasteiger partial charge in [0.15, 0.2) is 0 Å². The van der Waals surface area contributed by atoms with Crippen molar-refractivity contribution < 1.29 is 0 Å². The molecule has 0 saturated heterocycles. The lowest BCUT2D eigenvalue weighted by Crippen LogP contribution is -2.38. The highest BCUT2D eigenvalue weighted by Crippen LogP contribution is 2.23. The number of nitrogens with two attached hydrogens (primary N) is 1. The molecule has 2 heteroatoms. The second-order valence-corrected chi connectivity index (χ2v) is 6.76. The van der Waals surface area contributed by atoms with Crippen molar-refractivity contribution in [1.29, 1.82) is 0 Å². The molecule has 19 heavy (non-hydrogen) atoms. The molecule has 0 radical (unpaired) electrons. The maximum absolute atomic E-state index is 5.67. The van der Waals surface area contributed by atoms with Gasteiger partial charge in [-0.25, -0.2) is 0 Å². The minimum atomic E-state index is 0.223. The van der Waals surface area contributed by atoms with Crippen LogP contribution in [0.25, 0.3) is 0 Å². The van der Waals surface area contributed by atoms with Gasteiger partial charge in [0.25, 0.3) is 0 Å². The second-order valence-electron chi connectivity index (χ2n) is 6.76. The molecular formula is C17H30N2. The van der Waals surface area contributed by atoms with E-state index in [2.05, 4.69) is 64.3 Å². The van der Waals surface area contributed by atoms with E-state index in [-0.39, 0.29) is 5.41 Å². The fraction of sp³-hybridized carbons (Fsp3) is 0.647. The fourth-order valence-corrected chi connectivity index (χ4v) is 2.29. The Morgan fingerprint density at radius 2 is 1.74 bits per heavy atom. The first-order valence-electron chi connectivity index (χ1n) is 7.42. The molecule has 0 amide bonds. The zero-order chi connectivity index (χ0) is 14.5. The van der Waals surface area contributed by atoms with Crippen LogP contribution in [0.4, 0.5) is 0 Å². The van der Waals surface area contributed by atoms with Gasteiger partial charge in [-0.05, 0) is 35.3 Å². The number of rotatable bonds is 6. The molecule has 1 rings (SSSR count). The van der Waals surface area contributed by atoms with Crippen LogP contribution in [0, 0.1) is 5.92 Å². The van der Waals surface area contributed by atoms with E-state index in [1.807, 2.05) is 0 Å². The molecule has 0 aromatic heterocycles. The van der Waals surface area contributed by atoms with Crippen molar-refractivity contribution in [2.45, 2.75) is 65.3 Å². The summed E-state index contributed by atoms with van der Waals surface area (Å²) in [6.07, 6.45) is 3.35. The van der Waals surface area contributed by atoms with Gasteiger partial charge in [0, 0.05) is 6.04 Å². The Balaban J connectivity index is 2.65. The first kappa shape index (κ1) is 16.2. The summed E-state index contributed by atoms with van der Waals surface area (Å²) in [5.41, 5.74) is 5.93. The van der Waals surface area contributed by atoms with Crippen molar-refractivity contribution in [3.8, 4) is 0 Å². The Morgan fingerprint density at radius 1 is 1.16 bits per heavy atom. The molecule has 2 atom stereocenters. The Labute approximate surface area is 118 Å². The van der Waals surface area contributed by atoms with Gasteiger partial charge in [0.1, 0.15) is 0 Å². The number of benzene rings is 1. The van der Waals surface area contributed by atoms with Gasteiger partial charge in [-0.15, -0.1) is 0 Å². The lowest BCUT2D eigenvalue weighted by Gasteiger charge is -2.21. The number of hydrazine groups is 1. The molecule has 2 nitrogen and oxygen atoms in total. The first-order chi connectivity index (χ1) is 8.86. The largest absolute Gasteiger partial charge is 0.271 e.